The summed E-state index contributed by atoms with van der Waals surface area (Å²) in [5.74, 6) is 4.20. The topological polar surface area (TPSA) is 86.9 Å². The number of nitrogens with two attached hydrogens (primary N) is 2. The van der Waals surface area contributed by atoms with E-state index >= 15 is 0 Å². The summed E-state index contributed by atoms with van der Waals surface area (Å²) < 4.78 is 36.7. The van der Waals surface area contributed by atoms with Crippen molar-refractivity contribution in [1.29, 1.82) is 0 Å². The normalized spacial score (nSPS) is 11.7. The number of anilines is 1. The van der Waals surface area contributed by atoms with Crippen LogP contribution in [0.4, 0.5) is 19.1 Å². The van der Waals surface area contributed by atoms with Crippen LogP contribution in [0.1, 0.15) is 5.69 Å². The molecule has 0 spiro atoms. The molecule has 0 saturated carbocycles. The van der Waals surface area contributed by atoms with Crippen LogP contribution < -0.4 is 17.1 Å². The van der Waals surface area contributed by atoms with E-state index in [9.17, 15) is 18.0 Å². The third-order valence-electron chi connectivity index (χ3n) is 1.36. The molecule has 0 radical (unpaired) electrons. The van der Waals surface area contributed by atoms with Crippen LogP contribution in [0.25, 0.3) is 0 Å². The maximum atomic E-state index is 12.1. The van der Waals surface area contributed by atoms with Crippen LogP contribution in [0, 0.1) is 0 Å². The Bertz CT molecular complexity index is 426. The Kier molecular flexibility index (Phi) is 2.32. The zero-order valence-electron chi connectivity index (χ0n) is 6.47. The minimum absolute atomic E-state index is 0.234. The van der Waals surface area contributed by atoms with E-state index in [2.05, 4.69) is 4.98 Å². The van der Waals surface area contributed by atoms with E-state index in [-0.39, 0.29) is 4.68 Å². The fraction of sp³-hybridized carbons (Fsp3) is 0.200. The minimum Gasteiger partial charge on any atom is -0.368 e. The first-order chi connectivity index (χ1) is 6.25. The van der Waals surface area contributed by atoms with Crippen molar-refractivity contribution < 1.29 is 13.2 Å². The van der Waals surface area contributed by atoms with E-state index in [0.717, 1.165) is 0 Å². The van der Waals surface area contributed by atoms with Crippen LogP contribution in [0.5, 0.6) is 0 Å². The molecule has 1 aromatic heterocycles. The van der Waals surface area contributed by atoms with Crippen LogP contribution in [0.3, 0.4) is 0 Å². The van der Waals surface area contributed by atoms with E-state index in [1.165, 1.54) is 0 Å². The molecule has 0 unspecified atom stereocenters. The zero-order chi connectivity index (χ0) is 11.1. The van der Waals surface area contributed by atoms with E-state index in [0.29, 0.717) is 0 Å². The van der Waals surface area contributed by atoms with E-state index in [1.54, 1.807) is 0 Å². The number of halogens is 4. The Morgan fingerprint density at radius 2 is 1.93 bits per heavy atom. The van der Waals surface area contributed by atoms with Gasteiger partial charge in [0.1, 0.15) is 5.02 Å². The predicted molar refractivity (Wildman–Crippen MR) is 43.1 cm³/mol. The number of nitrogen functional groups attached to an aromatic ring is 2. The number of alkyl halides is 3. The van der Waals surface area contributed by atoms with Gasteiger partial charge in [0.2, 0.25) is 5.95 Å². The lowest BCUT2D eigenvalue weighted by atomic mass is 10.4. The molecule has 4 N–H and O–H groups in total. The van der Waals surface area contributed by atoms with Gasteiger partial charge in [-0.2, -0.15) is 17.8 Å². The lowest BCUT2D eigenvalue weighted by Gasteiger charge is -2.09. The molecule has 0 fully saturated rings. The van der Waals surface area contributed by atoms with Crippen molar-refractivity contribution >= 4 is 17.5 Å². The standard InChI is InChI=1S/C5H4ClF3N4O/c6-1-2(5(7,8)9)12-4(10)13(11)3(1)14/h11H2,(H2,10,12). The summed E-state index contributed by atoms with van der Waals surface area (Å²) in [6.45, 7) is 0. The third kappa shape index (κ3) is 1.60. The number of nitrogens with zero attached hydrogens (tertiary/aromatic N) is 2. The van der Waals surface area contributed by atoms with Gasteiger partial charge < -0.3 is 11.6 Å². The van der Waals surface area contributed by atoms with Gasteiger partial charge in [0.15, 0.2) is 5.69 Å². The maximum Gasteiger partial charge on any atom is 0.435 e. The van der Waals surface area contributed by atoms with E-state index in [1.807, 2.05) is 0 Å². The average Bonchev–Trinajstić information content (AvgIpc) is 2.06. The van der Waals surface area contributed by atoms with E-state index in [4.69, 9.17) is 23.2 Å². The molecule has 1 heterocycles. The fourth-order valence-corrected chi connectivity index (χ4v) is 0.957. The summed E-state index contributed by atoms with van der Waals surface area (Å²) in [5, 5.41) is -1.10. The molecule has 9 heteroatoms. The van der Waals surface area contributed by atoms with Gasteiger partial charge in [0.05, 0.1) is 0 Å². The Balaban J connectivity index is 3.58. The molecule has 0 aliphatic carbocycles. The number of hydrogen-bond acceptors (Lipinski definition) is 4. The highest BCUT2D eigenvalue weighted by Crippen LogP contribution is 2.31. The highest BCUT2D eigenvalue weighted by atomic mass is 35.5. The van der Waals surface area contributed by atoms with Crippen molar-refractivity contribution in [2.45, 2.75) is 6.18 Å². The quantitative estimate of drug-likeness (QED) is 0.622. The first kappa shape index (κ1) is 10.6. The molecule has 0 aliphatic rings. The first-order valence-corrected chi connectivity index (χ1v) is 3.53. The van der Waals surface area contributed by atoms with Crippen LogP contribution in [0.15, 0.2) is 4.79 Å². The third-order valence-corrected chi connectivity index (χ3v) is 1.70. The molecule has 78 valence electrons. The summed E-state index contributed by atoms with van der Waals surface area (Å²) in [5.41, 5.74) is 2.17. The zero-order valence-corrected chi connectivity index (χ0v) is 7.23. The molecule has 0 aromatic carbocycles. The molecule has 0 atom stereocenters. The number of hydrogen-bond donors (Lipinski definition) is 2. The molecule has 1 rings (SSSR count). The first-order valence-electron chi connectivity index (χ1n) is 3.15. The largest absolute Gasteiger partial charge is 0.435 e. The van der Waals surface area contributed by atoms with Gasteiger partial charge in [-0.25, -0.2) is 4.98 Å². The van der Waals surface area contributed by atoms with Crippen LogP contribution in [-0.4, -0.2) is 9.66 Å². The van der Waals surface area contributed by atoms with Gasteiger partial charge in [-0.15, -0.1) is 0 Å². The van der Waals surface area contributed by atoms with Crippen molar-refractivity contribution in [3.8, 4) is 0 Å². The molecular formula is C5H4ClF3N4O. The van der Waals surface area contributed by atoms with Gasteiger partial charge in [-0.1, -0.05) is 11.6 Å². The molecule has 5 nitrogen and oxygen atoms in total. The molecule has 0 saturated heterocycles. The fourth-order valence-electron chi connectivity index (χ4n) is 0.716. The minimum atomic E-state index is -4.83. The maximum absolute atomic E-state index is 12.1. The second-order valence-electron chi connectivity index (χ2n) is 2.31. The average molecular weight is 229 g/mol. The molecule has 0 aliphatic heterocycles. The van der Waals surface area contributed by atoms with Crippen molar-refractivity contribution in [3.05, 3.63) is 21.1 Å². The number of rotatable bonds is 0. The second kappa shape index (κ2) is 3.05. The molecule has 14 heavy (non-hydrogen) atoms. The second-order valence-corrected chi connectivity index (χ2v) is 2.68. The Morgan fingerprint density at radius 3 is 2.36 bits per heavy atom. The molecule has 1 aromatic rings. The van der Waals surface area contributed by atoms with Gasteiger partial charge >= 0.3 is 6.18 Å². The van der Waals surface area contributed by atoms with Gasteiger partial charge in [0, 0.05) is 0 Å². The molecule has 0 amide bonds. The summed E-state index contributed by atoms with van der Waals surface area (Å²) >= 11 is 5.10. The lowest BCUT2D eigenvalue weighted by Crippen LogP contribution is -2.33. The van der Waals surface area contributed by atoms with Crippen LogP contribution >= 0.6 is 11.6 Å². The van der Waals surface area contributed by atoms with Crippen LogP contribution in [0.2, 0.25) is 5.02 Å². The Morgan fingerprint density at radius 1 is 1.43 bits per heavy atom. The highest BCUT2D eigenvalue weighted by molar-refractivity contribution is 6.31. The molecular weight excluding hydrogens is 225 g/mol. The predicted octanol–water partition coefficient (Wildman–Crippen LogP) is 0.212. The Hall–Kier alpha value is -1.44. The SMILES string of the molecule is Nc1nc(C(F)(F)F)c(Cl)c(=O)n1N. The molecule has 0 bridgehead atoms. The summed E-state index contributed by atoms with van der Waals surface area (Å²) in [6.07, 6.45) is -4.83. The number of aromatic nitrogens is 2. The van der Waals surface area contributed by atoms with Crippen molar-refractivity contribution in [3.63, 3.8) is 0 Å². The Labute approximate surface area is 80.1 Å². The highest BCUT2D eigenvalue weighted by Gasteiger charge is 2.37. The van der Waals surface area contributed by atoms with Gasteiger partial charge in [0.25, 0.3) is 5.56 Å². The lowest BCUT2D eigenvalue weighted by molar-refractivity contribution is -0.141. The van der Waals surface area contributed by atoms with Gasteiger partial charge in [-0.3, -0.25) is 4.79 Å². The summed E-state index contributed by atoms with van der Waals surface area (Å²) in [4.78, 5) is 13.8. The van der Waals surface area contributed by atoms with Crippen LogP contribution in [-0.2, 0) is 6.18 Å². The van der Waals surface area contributed by atoms with Crippen molar-refractivity contribution in [2.24, 2.45) is 0 Å². The van der Waals surface area contributed by atoms with Gasteiger partial charge in [-0.05, 0) is 0 Å². The summed E-state index contributed by atoms with van der Waals surface area (Å²) in [6, 6.07) is 0. The van der Waals surface area contributed by atoms with Crippen molar-refractivity contribution in [2.75, 3.05) is 11.6 Å². The monoisotopic (exact) mass is 228 g/mol. The van der Waals surface area contributed by atoms with Crippen molar-refractivity contribution in [1.82, 2.24) is 9.66 Å². The van der Waals surface area contributed by atoms with E-state index < -0.39 is 28.4 Å². The smallest absolute Gasteiger partial charge is 0.368 e. The summed E-state index contributed by atoms with van der Waals surface area (Å²) in [7, 11) is 0.